The fourth-order valence-electron chi connectivity index (χ4n) is 4.99. The van der Waals surface area contributed by atoms with Gasteiger partial charge in [0.05, 0.1) is 37.3 Å². The van der Waals surface area contributed by atoms with Crippen molar-refractivity contribution in [3.8, 4) is 5.75 Å². The number of aliphatic hydroxyl groups excluding tert-OH is 1. The average Bonchev–Trinajstić information content (AvgIpc) is 2.70. The minimum absolute atomic E-state index is 0.00141. The molecule has 5 unspecified atom stereocenters. The van der Waals surface area contributed by atoms with Crippen molar-refractivity contribution in [3.63, 3.8) is 0 Å². The van der Waals surface area contributed by atoms with Gasteiger partial charge in [-0.2, -0.15) is 0 Å². The number of carbonyl (C=O) groups excluding carboxylic acids is 2. The molecule has 1 aromatic carbocycles. The van der Waals surface area contributed by atoms with E-state index in [-0.39, 0.29) is 18.8 Å². The van der Waals surface area contributed by atoms with E-state index in [1.54, 1.807) is 6.07 Å². The molecule has 0 saturated heterocycles. The second-order valence-corrected chi connectivity index (χ2v) is 15.7. The van der Waals surface area contributed by atoms with Gasteiger partial charge in [0.1, 0.15) is 5.75 Å². The molecule has 0 aliphatic heterocycles. The number of esters is 2. The molecule has 0 radical (unpaired) electrons. The van der Waals surface area contributed by atoms with Gasteiger partial charge in [0.2, 0.25) is 0 Å². The Labute approximate surface area is 184 Å². The van der Waals surface area contributed by atoms with Crippen molar-refractivity contribution in [1.29, 1.82) is 0 Å². The van der Waals surface area contributed by atoms with Crippen LogP contribution in [-0.4, -0.2) is 60.8 Å². The van der Waals surface area contributed by atoms with Crippen LogP contribution in [0.2, 0.25) is 25.7 Å². The molecule has 5 atom stereocenters. The number of carbonyl (C=O) groups is 2. The number of hydrogen-bond acceptors (Lipinski definition) is 7. The first kappa shape index (κ1) is 23.8. The number of benzene rings is 1. The van der Waals surface area contributed by atoms with Crippen LogP contribution in [0.25, 0.3) is 0 Å². The summed E-state index contributed by atoms with van der Waals surface area (Å²) in [6, 6.07) is 5.60. The number of aromatic hydroxyl groups is 1. The van der Waals surface area contributed by atoms with Gasteiger partial charge in [0, 0.05) is 19.9 Å². The molecule has 4 rings (SSSR count). The van der Waals surface area contributed by atoms with Gasteiger partial charge in [-0.25, -0.2) is 0 Å². The summed E-state index contributed by atoms with van der Waals surface area (Å²) in [6.45, 7) is 8.40. The van der Waals surface area contributed by atoms with Gasteiger partial charge in [-0.3, -0.25) is 9.59 Å². The predicted octanol–water partition coefficient (Wildman–Crippen LogP) is 2.77. The summed E-state index contributed by atoms with van der Waals surface area (Å²) in [5.41, 5.74) is -0.207. The Morgan fingerprint density at radius 1 is 1.10 bits per heavy atom. The van der Waals surface area contributed by atoms with Gasteiger partial charge in [-0.05, 0) is 42.1 Å². The lowest BCUT2D eigenvalue weighted by Crippen LogP contribution is -2.59. The van der Waals surface area contributed by atoms with Crippen LogP contribution >= 0.6 is 0 Å². The van der Waals surface area contributed by atoms with E-state index in [2.05, 4.69) is 19.6 Å². The number of rotatable bonds is 8. The molecule has 1 saturated carbocycles. The maximum absolute atomic E-state index is 13.2. The molecule has 3 aliphatic carbocycles. The van der Waals surface area contributed by atoms with Crippen LogP contribution in [-0.2, 0) is 19.1 Å². The minimum atomic E-state index is -1.59. The molecule has 172 valence electrons. The summed E-state index contributed by atoms with van der Waals surface area (Å²) >= 11 is 0. The van der Waals surface area contributed by atoms with Gasteiger partial charge in [-0.1, -0.05) is 32.6 Å². The topological polar surface area (TPSA) is 113 Å². The van der Waals surface area contributed by atoms with Crippen molar-refractivity contribution in [2.24, 2.45) is 11.8 Å². The van der Waals surface area contributed by atoms with Crippen LogP contribution in [0.3, 0.4) is 0 Å². The Morgan fingerprint density at radius 3 is 2.35 bits per heavy atom. The molecule has 3 N–H and O–H groups in total. The third kappa shape index (κ3) is 4.66. The van der Waals surface area contributed by atoms with Gasteiger partial charge in [-0.15, -0.1) is 0 Å². The summed E-state index contributed by atoms with van der Waals surface area (Å²) in [7, 11) is -1.41. The highest BCUT2D eigenvalue weighted by atomic mass is 28.3. The Morgan fingerprint density at radius 2 is 1.74 bits per heavy atom. The average molecular weight is 451 g/mol. The van der Waals surface area contributed by atoms with E-state index in [0.717, 1.165) is 11.6 Å². The maximum atomic E-state index is 13.2. The third-order valence-corrected chi connectivity index (χ3v) is 8.20. The normalized spacial score (nSPS) is 29.4. The zero-order valence-electron chi connectivity index (χ0n) is 18.8. The first-order chi connectivity index (χ1) is 14.5. The number of ether oxygens (including phenoxy) is 2. The second kappa shape index (κ2) is 8.92. The summed E-state index contributed by atoms with van der Waals surface area (Å²) in [5, 5.41) is 31.3. The van der Waals surface area contributed by atoms with E-state index in [1.165, 1.54) is 12.1 Å². The van der Waals surface area contributed by atoms with E-state index >= 15 is 0 Å². The van der Waals surface area contributed by atoms with Gasteiger partial charge in [0.25, 0.3) is 0 Å². The number of phenols is 1. The molecule has 8 heteroatoms. The SMILES string of the molecule is CCCOC(=O)C1C(C(=O)OCC[Si](C)(C)C)C2CC(O)(CO)C1c1cc(O)ccc12. The molecular weight excluding hydrogens is 416 g/mol. The van der Waals surface area contributed by atoms with Crippen LogP contribution in [0, 0.1) is 11.8 Å². The summed E-state index contributed by atoms with van der Waals surface area (Å²) in [5.74, 6) is -4.23. The third-order valence-electron chi connectivity index (χ3n) is 6.50. The van der Waals surface area contributed by atoms with Crippen LogP contribution in [0.15, 0.2) is 18.2 Å². The lowest BCUT2D eigenvalue weighted by atomic mass is 9.50. The molecule has 0 amide bonds. The number of phenolic OH excluding ortho intramolecular Hbond substituents is 1. The van der Waals surface area contributed by atoms with Crippen molar-refractivity contribution in [2.45, 2.75) is 62.9 Å². The molecule has 0 heterocycles. The number of fused-ring (bicyclic) bond motifs is 2. The molecule has 7 nitrogen and oxygen atoms in total. The monoisotopic (exact) mass is 450 g/mol. The molecular formula is C23H34O7Si. The molecule has 3 aliphatic rings. The Hall–Kier alpha value is -1.90. The van der Waals surface area contributed by atoms with Crippen molar-refractivity contribution < 1.29 is 34.4 Å². The van der Waals surface area contributed by atoms with Crippen LogP contribution in [0.1, 0.15) is 42.7 Å². The van der Waals surface area contributed by atoms with Crippen molar-refractivity contribution in [3.05, 3.63) is 29.3 Å². The predicted molar refractivity (Wildman–Crippen MR) is 118 cm³/mol. The van der Waals surface area contributed by atoms with Crippen LogP contribution < -0.4 is 0 Å². The van der Waals surface area contributed by atoms with E-state index in [4.69, 9.17) is 9.47 Å². The largest absolute Gasteiger partial charge is 0.508 e. The van der Waals surface area contributed by atoms with E-state index in [1.807, 2.05) is 6.92 Å². The van der Waals surface area contributed by atoms with Crippen LogP contribution in [0.4, 0.5) is 0 Å². The lowest BCUT2D eigenvalue weighted by Gasteiger charge is -2.54. The molecule has 0 aromatic heterocycles. The maximum Gasteiger partial charge on any atom is 0.310 e. The zero-order chi connectivity index (χ0) is 23.0. The fraction of sp³-hybridized carbons (Fsp3) is 0.652. The zero-order valence-corrected chi connectivity index (χ0v) is 19.8. The van der Waals surface area contributed by atoms with Gasteiger partial charge in [0.15, 0.2) is 0 Å². The van der Waals surface area contributed by atoms with Gasteiger partial charge < -0.3 is 24.8 Å². The van der Waals surface area contributed by atoms with Crippen molar-refractivity contribution in [2.75, 3.05) is 19.8 Å². The van der Waals surface area contributed by atoms with E-state index in [0.29, 0.717) is 18.6 Å². The molecule has 1 aromatic rings. The lowest BCUT2D eigenvalue weighted by molar-refractivity contribution is -0.179. The molecule has 31 heavy (non-hydrogen) atoms. The standard InChI is InChI=1S/C23H34O7Si/c1-5-8-29-22(27)19-18(21(26)30-9-10-31(2,3)4)17-12-23(28,13-24)20(19)16-11-14(25)6-7-15(16)17/h6-7,11,17-20,24-25,28H,5,8-10,12-13H2,1-4H3. The molecule has 0 spiro atoms. The first-order valence-electron chi connectivity index (χ1n) is 11.0. The Kier molecular flexibility index (Phi) is 6.83. The smallest absolute Gasteiger partial charge is 0.310 e. The molecule has 2 bridgehead atoms. The van der Waals surface area contributed by atoms with Gasteiger partial charge >= 0.3 is 11.9 Å². The fourth-order valence-corrected chi connectivity index (χ4v) is 5.71. The van der Waals surface area contributed by atoms with Crippen molar-refractivity contribution >= 4 is 20.0 Å². The highest BCUT2D eigenvalue weighted by Gasteiger charge is 2.63. The Balaban J connectivity index is 2.01. The minimum Gasteiger partial charge on any atom is -0.508 e. The Bertz CT molecular complexity index is 834. The molecule has 1 fully saturated rings. The van der Waals surface area contributed by atoms with E-state index < -0.39 is 55.9 Å². The number of aliphatic hydroxyl groups is 2. The number of hydrogen-bond donors (Lipinski definition) is 3. The highest BCUT2D eigenvalue weighted by Crippen LogP contribution is 2.60. The quantitative estimate of drug-likeness (QED) is 0.412. The van der Waals surface area contributed by atoms with Crippen molar-refractivity contribution in [1.82, 2.24) is 0 Å². The second-order valence-electron chi connectivity index (χ2n) is 10.1. The highest BCUT2D eigenvalue weighted by molar-refractivity contribution is 6.76. The first-order valence-corrected chi connectivity index (χ1v) is 14.7. The van der Waals surface area contributed by atoms with Crippen LogP contribution in [0.5, 0.6) is 5.75 Å². The summed E-state index contributed by atoms with van der Waals surface area (Å²) in [4.78, 5) is 26.3. The summed E-state index contributed by atoms with van der Waals surface area (Å²) in [6.07, 6.45) is 0.761. The summed E-state index contributed by atoms with van der Waals surface area (Å²) < 4.78 is 11.0. The van der Waals surface area contributed by atoms with E-state index in [9.17, 15) is 24.9 Å².